The molecule has 0 saturated carbocycles. The van der Waals surface area contributed by atoms with Gasteiger partial charge in [-0.2, -0.15) is 0 Å². The van der Waals surface area contributed by atoms with Gasteiger partial charge in [0.05, 0.1) is 18.0 Å². The summed E-state index contributed by atoms with van der Waals surface area (Å²) in [6.45, 7) is 2.34. The molecule has 2 aromatic carbocycles. The van der Waals surface area contributed by atoms with E-state index in [0.717, 1.165) is 11.6 Å². The molecule has 2 aromatic rings. The maximum absolute atomic E-state index is 14.3. The quantitative estimate of drug-likeness (QED) is 0.801. The molecule has 1 aliphatic heterocycles. The van der Waals surface area contributed by atoms with E-state index in [9.17, 15) is 23.9 Å². The highest BCUT2D eigenvalue weighted by atomic mass is 19.1. The Morgan fingerprint density at radius 1 is 1.25 bits per heavy atom. The van der Waals surface area contributed by atoms with Crippen molar-refractivity contribution in [2.75, 3.05) is 11.4 Å². The highest BCUT2D eigenvalue weighted by Crippen LogP contribution is 2.25. The molecule has 0 aromatic heterocycles. The number of nitrogens with zero attached hydrogens (tertiary/aromatic N) is 1. The minimum atomic E-state index is -1.08. The molecule has 1 atom stereocenters. The summed E-state index contributed by atoms with van der Waals surface area (Å²) in [5, 5.41) is 11.8. The third kappa shape index (κ3) is 4.19. The normalized spacial score (nSPS) is 14.8. The predicted octanol–water partition coefficient (Wildman–Crippen LogP) is 3.21. The second kappa shape index (κ2) is 8.21. The van der Waals surface area contributed by atoms with Gasteiger partial charge in [0.2, 0.25) is 5.91 Å². The number of halogens is 1. The molecule has 1 aliphatic rings. The van der Waals surface area contributed by atoms with Gasteiger partial charge in [0, 0.05) is 18.7 Å². The molecule has 2 N–H and O–H groups in total. The van der Waals surface area contributed by atoms with Gasteiger partial charge in [-0.25, -0.2) is 4.39 Å². The van der Waals surface area contributed by atoms with Crippen molar-refractivity contribution in [3.05, 3.63) is 65.0 Å². The Bertz CT molecular complexity index is 928. The summed E-state index contributed by atoms with van der Waals surface area (Å²) in [5.41, 5.74) is 1.72. The maximum atomic E-state index is 14.3. The van der Waals surface area contributed by atoms with Gasteiger partial charge in [-0.1, -0.05) is 24.3 Å². The Morgan fingerprint density at radius 3 is 2.64 bits per heavy atom. The van der Waals surface area contributed by atoms with Crippen molar-refractivity contribution in [1.82, 2.24) is 5.32 Å². The van der Waals surface area contributed by atoms with Gasteiger partial charge >= 0.3 is 5.97 Å². The summed E-state index contributed by atoms with van der Waals surface area (Å²) in [6.07, 6.45) is 0.807. The van der Waals surface area contributed by atoms with Crippen LogP contribution >= 0.6 is 0 Å². The summed E-state index contributed by atoms with van der Waals surface area (Å²) in [6, 6.07) is 10.3. The molecule has 1 fully saturated rings. The summed E-state index contributed by atoms with van der Waals surface area (Å²) in [5.74, 6) is -2.60. The minimum absolute atomic E-state index is 0.0679. The van der Waals surface area contributed by atoms with Crippen LogP contribution in [0.3, 0.4) is 0 Å². The number of rotatable bonds is 6. The number of aliphatic carboxylic acids is 1. The molecule has 1 saturated heterocycles. The van der Waals surface area contributed by atoms with Gasteiger partial charge in [0.1, 0.15) is 5.82 Å². The number of anilines is 1. The van der Waals surface area contributed by atoms with Crippen molar-refractivity contribution >= 4 is 23.5 Å². The van der Waals surface area contributed by atoms with Crippen LogP contribution in [0.25, 0.3) is 0 Å². The topological polar surface area (TPSA) is 86.7 Å². The fourth-order valence-corrected chi connectivity index (χ4v) is 3.40. The monoisotopic (exact) mass is 384 g/mol. The van der Waals surface area contributed by atoms with Crippen LogP contribution in [0.2, 0.25) is 0 Å². The van der Waals surface area contributed by atoms with E-state index in [1.54, 1.807) is 12.1 Å². The Kier molecular flexibility index (Phi) is 5.73. The van der Waals surface area contributed by atoms with Crippen molar-refractivity contribution in [3.63, 3.8) is 0 Å². The molecule has 3 rings (SSSR count). The first kappa shape index (κ1) is 19.5. The molecule has 6 nitrogen and oxygen atoms in total. The molecule has 2 amide bonds. The molecular weight excluding hydrogens is 363 g/mol. The second-order valence-electron chi connectivity index (χ2n) is 6.79. The van der Waals surface area contributed by atoms with E-state index in [-0.39, 0.29) is 17.9 Å². The van der Waals surface area contributed by atoms with E-state index >= 15 is 0 Å². The first-order valence-corrected chi connectivity index (χ1v) is 9.05. The number of carbonyl (C=O) groups excluding carboxylic acids is 2. The third-order valence-electron chi connectivity index (χ3n) is 4.83. The number of aryl methyl sites for hydroxylation is 1. The first-order chi connectivity index (χ1) is 13.4. The average Bonchev–Trinajstić information content (AvgIpc) is 3.07. The highest BCUT2D eigenvalue weighted by molar-refractivity contribution is 5.99. The molecule has 1 heterocycles. The van der Waals surface area contributed by atoms with Gasteiger partial charge in [0.25, 0.3) is 5.91 Å². The van der Waals surface area contributed by atoms with E-state index in [4.69, 9.17) is 0 Å². The van der Waals surface area contributed by atoms with Crippen LogP contribution < -0.4 is 10.2 Å². The lowest BCUT2D eigenvalue weighted by Gasteiger charge is -2.21. The number of amides is 2. The Balaban J connectivity index is 1.88. The van der Waals surface area contributed by atoms with Gasteiger partial charge in [-0.15, -0.1) is 0 Å². The lowest BCUT2D eigenvalue weighted by Crippen LogP contribution is -2.31. The van der Waals surface area contributed by atoms with Gasteiger partial charge in [-0.05, 0) is 42.7 Å². The number of hydrogen-bond donors (Lipinski definition) is 2. The van der Waals surface area contributed by atoms with Crippen LogP contribution in [0, 0.1) is 12.7 Å². The van der Waals surface area contributed by atoms with Crippen molar-refractivity contribution in [2.45, 2.75) is 32.2 Å². The van der Waals surface area contributed by atoms with Crippen LogP contribution in [0.5, 0.6) is 0 Å². The third-order valence-corrected chi connectivity index (χ3v) is 4.83. The summed E-state index contributed by atoms with van der Waals surface area (Å²) in [7, 11) is 0. The first-order valence-electron chi connectivity index (χ1n) is 9.05. The molecule has 0 unspecified atom stereocenters. The lowest BCUT2D eigenvalue weighted by molar-refractivity contribution is -0.137. The smallest absolute Gasteiger partial charge is 0.305 e. The van der Waals surface area contributed by atoms with E-state index < -0.39 is 23.7 Å². The number of carbonyl (C=O) groups is 3. The summed E-state index contributed by atoms with van der Waals surface area (Å²) in [4.78, 5) is 37.5. The number of carboxylic acids is 1. The molecule has 146 valence electrons. The van der Waals surface area contributed by atoms with Crippen LogP contribution in [0.15, 0.2) is 42.5 Å². The molecular formula is C21H21FN2O4. The van der Waals surface area contributed by atoms with Gasteiger partial charge < -0.3 is 15.3 Å². The van der Waals surface area contributed by atoms with E-state index in [1.165, 1.54) is 17.0 Å². The maximum Gasteiger partial charge on any atom is 0.305 e. The zero-order valence-electron chi connectivity index (χ0n) is 15.4. The molecule has 0 bridgehead atoms. The molecule has 0 aliphatic carbocycles. The molecule has 0 radical (unpaired) electrons. The fourth-order valence-electron chi connectivity index (χ4n) is 3.40. The number of nitrogens with one attached hydrogen (secondary N) is 1. The van der Waals surface area contributed by atoms with E-state index in [0.29, 0.717) is 30.6 Å². The van der Waals surface area contributed by atoms with Crippen molar-refractivity contribution < 1.29 is 23.9 Å². The Hall–Kier alpha value is -3.22. The number of benzene rings is 2. The zero-order valence-corrected chi connectivity index (χ0v) is 15.4. The Morgan fingerprint density at radius 2 is 2.00 bits per heavy atom. The second-order valence-corrected chi connectivity index (χ2v) is 6.79. The molecule has 0 spiro atoms. The summed E-state index contributed by atoms with van der Waals surface area (Å²) < 4.78 is 14.3. The van der Waals surface area contributed by atoms with E-state index in [2.05, 4.69) is 5.32 Å². The largest absolute Gasteiger partial charge is 0.481 e. The van der Waals surface area contributed by atoms with Crippen molar-refractivity contribution in [1.29, 1.82) is 0 Å². The van der Waals surface area contributed by atoms with Crippen molar-refractivity contribution in [3.8, 4) is 0 Å². The lowest BCUT2D eigenvalue weighted by atomic mass is 9.98. The highest BCUT2D eigenvalue weighted by Gasteiger charge is 2.25. The number of hydrogen-bond acceptors (Lipinski definition) is 3. The van der Waals surface area contributed by atoms with Crippen LogP contribution in [0.4, 0.5) is 10.1 Å². The van der Waals surface area contributed by atoms with Crippen LogP contribution in [-0.2, 0) is 9.59 Å². The van der Waals surface area contributed by atoms with Crippen molar-refractivity contribution in [2.24, 2.45) is 0 Å². The van der Waals surface area contributed by atoms with Gasteiger partial charge in [-0.3, -0.25) is 14.4 Å². The average molecular weight is 384 g/mol. The van der Waals surface area contributed by atoms with Gasteiger partial charge in [0.15, 0.2) is 0 Å². The Labute approximate surface area is 162 Å². The molecule has 28 heavy (non-hydrogen) atoms. The van der Waals surface area contributed by atoms with E-state index in [1.807, 2.05) is 19.1 Å². The summed E-state index contributed by atoms with van der Waals surface area (Å²) >= 11 is 0. The fraction of sp³-hybridized carbons (Fsp3) is 0.286. The standard InChI is InChI=1S/C21H21FN2O4/c1-13-5-2-3-6-15(13)18(12-20(26)27)23-21(28)16-11-14(8-9-17(16)22)24-10-4-7-19(24)25/h2-3,5-6,8-9,11,18H,4,7,10,12H2,1H3,(H,23,28)(H,26,27)/t18-/m0/s1. The predicted molar refractivity (Wildman–Crippen MR) is 102 cm³/mol. The minimum Gasteiger partial charge on any atom is -0.481 e. The van der Waals surface area contributed by atoms with Crippen LogP contribution in [-0.4, -0.2) is 29.4 Å². The number of carboxylic acid groups (broad SMARTS) is 1. The van der Waals surface area contributed by atoms with Crippen LogP contribution in [0.1, 0.15) is 46.8 Å². The SMILES string of the molecule is Cc1ccccc1[C@H](CC(=O)O)NC(=O)c1cc(N2CCCC2=O)ccc1F. The molecule has 7 heteroatoms. The zero-order chi connectivity index (χ0) is 20.3.